The zero-order chi connectivity index (χ0) is 16.6. The minimum absolute atomic E-state index is 0.200. The molecule has 2 aromatic rings. The molecule has 3 heterocycles. The number of aromatic nitrogens is 2. The van der Waals surface area contributed by atoms with Gasteiger partial charge in [0, 0.05) is 31.4 Å². The summed E-state index contributed by atoms with van der Waals surface area (Å²) < 4.78 is 39.7. The molecular weight excluding hydrogens is 311 g/mol. The van der Waals surface area contributed by atoms with Gasteiger partial charge in [0.25, 0.3) is 0 Å². The number of piperidine rings is 1. The van der Waals surface area contributed by atoms with Crippen molar-refractivity contribution >= 4 is 11.7 Å². The Balaban J connectivity index is 1.84. The monoisotopic (exact) mass is 326 g/mol. The molecule has 124 valence electrons. The molecule has 1 aliphatic heterocycles. The molecule has 23 heavy (non-hydrogen) atoms. The normalized spacial score (nSPS) is 19.3. The standard InChI is InChI=1S/C15H16F3N3O2/c16-15(17,18)10-4-6-20-9-11(19-13(20)7-10)8-12-3-1-2-5-21(12)14(22)23/h4,6-7,9,12H,1-3,5,8H2,(H,22,23)/p-1/t12-/m0/s1. The van der Waals surface area contributed by atoms with Gasteiger partial charge in [-0.1, -0.05) is 0 Å². The lowest BCUT2D eigenvalue weighted by molar-refractivity contribution is -0.269. The fourth-order valence-electron chi connectivity index (χ4n) is 3.00. The summed E-state index contributed by atoms with van der Waals surface area (Å²) in [6.07, 6.45) is 0.113. The minimum atomic E-state index is -4.41. The number of hydrogen-bond acceptors (Lipinski definition) is 3. The molecule has 1 saturated heterocycles. The highest BCUT2D eigenvalue weighted by molar-refractivity contribution is 5.63. The fourth-order valence-corrected chi connectivity index (χ4v) is 3.00. The number of fused-ring (bicyclic) bond motifs is 1. The lowest BCUT2D eigenvalue weighted by atomic mass is 9.99. The Labute approximate surface area is 130 Å². The Hall–Kier alpha value is -2.25. The van der Waals surface area contributed by atoms with Crippen LogP contribution in [-0.2, 0) is 12.6 Å². The summed E-state index contributed by atoms with van der Waals surface area (Å²) in [5.41, 5.74) is 0.0179. The van der Waals surface area contributed by atoms with Gasteiger partial charge in [-0.05, 0) is 31.4 Å². The van der Waals surface area contributed by atoms with E-state index in [1.165, 1.54) is 15.5 Å². The van der Waals surface area contributed by atoms with E-state index in [-0.39, 0.29) is 11.7 Å². The topological polar surface area (TPSA) is 60.7 Å². The van der Waals surface area contributed by atoms with Crippen LogP contribution < -0.4 is 5.11 Å². The van der Waals surface area contributed by atoms with E-state index < -0.39 is 17.8 Å². The van der Waals surface area contributed by atoms with Gasteiger partial charge in [-0.15, -0.1) is 0 Å². The molecule has 1 atom stereocenters. The molecular formula is C15H15F3N3O2-. The summed E-state index contributed by atoms with van der Waals surface area (Å²) in [5, 5.41) is 11.1. The number of amides is 1. The van der Waals surface area contributed by atoms with Gasteiger partial charge in [-0.3, -0.25) is 0 Å². The molecule has 0 N–H and O–H groups in total. The van der Waals surface area contributed by atoms with Crippen LogP contribution in [0.3, 0.4) is 0 Å². The highest BCUT2D eigenvalue weighted by Crippen LogP contribution is 2.30. The third-order valence-corrected chi connectivity index (χ3v) is 4.14. The number of hydrogen-bond donors (Lipinski definition) is 0. The van der Waals surface area contributed by atoms with Crippen molar-refractivity contribution in [1.82, 2.24) is 14.3 Å². The maximum Gasteiger partial charge on any atom is 0.416 e. The summed E-state index contributed by atoms with van der Waals surface area (Å²) in [6.45, 7) is 0.429. The van der Waals surface area contributed by atoms with Crippen LogP contribution >= 0.6 is 0 Å². The number of nitrogens with zero attached hydrogens (tertiary/aromatic N) is 3. The van der Waals surface area contributed by atoms with Crippen LogP contribution in [0.4, 0.5) is 18.0 Å². The summed E-state index contributed by atoms with van der Waals surface area (Å²) in [5.74, 6) is 0. The average Bonchev–Trinajstić information content (AvgIpc) is 2.87. The van der Waals surface area contributed by atoms with E-state index in [1.54, 1.807) is 6.20 Å². The average molecular weight is 326 g/mol. The fraction of sp³-hybridized carbons (Fsp3) is 0.467. The van der Waals surface area contributed by atoms with Crippen LogP contribution in [0.15, 0.2) is 24.5 Å². The molecule has 0 unspecified atom stereocenters. The first kappa shape index (κ1) is 15.6. The minimum Gasteiger partial charge on any atom is -0.530 e. The molecule has 0 aliphatic carbocycles. The van der Waals surface area contributed by atoms with Crippen LogP contribution in [0, 0.1) is 0 Å². The number of carboxylic acid groups (broad SMARTS) is 1. The molecule has 1 fully saturated rings. The van der Waals surface area contributed by atoms with Crippen molar-refractivity contribution in [1.29, 1.82) is 0 Å². The quantitative estimate of drug-likeness (QED) is 0.849. The Morgan fingerprint density at radius 3 is 2.87 bits per heavy atom. The number of rotatable bonds is 2. The lowest BCUT2D eigenvalue weighted by Gasteiger charge is -2.37. The number of halogens is 3. The SMILES string of the molecule is O=C([O-])N1CCCC[C@H]1Cc1cn2ccc(C(F)(F)F)cc2n1. The summed E-state index contributed by atoms with van der Waals surface area (Å²) in [6, 6.07) is 1.74. The number of imidazole rings is 1. The molecule has 5 nitrogen and oxygen atoms in total. The summed E-state index contributed by atoms with van der Waals surface area (Å²) in [7, 11) is 0. The van der Waals surface area contributed by atoms with Crippen molar-refractivity contribution in [3.63, 3.8) is 0 Å². The van der Waals surface area contributed by atoms with Gasteiger partial charge < -0.3 is 19.2 Å². The number of carbonyl (C=O) groups is 1. The van der Waals surface area contributed by atoms with Gasteiger partial charge in [0.05, 0.1) is 11.3 Å². The van der Waals surface area contributed by atoms with Gasteiger partial charge in [0.15, 0.2) is 0 Å². The van der Waals surface area contributed by atoms with Gasteiger partial charge in [0.1, 0.15) is 11.7 Å². The van der Waals surface area contributed by atoms with E-state index in [1.807, 2.05) is 0 Å². The molecule has 0 bridgehead atoms. The Morgan fingerprint density at radius 1 is 1.39 bits per heavy atom. The van der Waals surface area contributed by atoms with E-state index in [0.29, 0.717) is 25.1 Å². The highest BCUT2D eigenvalue weighted by Gasteiger charge is 2.31. The summed E-state index contributed by atoms with van der Waals surface area (Å²) >= 11 is 0. The zero-order valence-electron chi connectivity index (χ0n) is 12.2. The van der Waals surface area contributed by atoms with Crippen LogP contribution in [0.1, 0.15) is 30.5 Å². The second kappa shape index (κ2) is 5.75. The maximum atomic E-state index is 12.7. The number of pyridine rings is 1. The number of carbonyl (C=O) groups excluding carboxylic acids is 1. The van der Waals surface area contributed by atoms with E-state index in [2.05, 4.69) is 4.98 Å². The summed E-state index contributed by atoms with van der Waals surface area (Å²) in [4.78, 5) is 16.6. The predicted octanol–water partition coefficient (Wildman–Crippen LogP) is 2.09. The Morgan fingerprint density at radius 2 is 2.17 bits per heavy atom. The second-order valence-electron chi connectivity index (χ2n) is 5.72. The molecule has 8 heteroatoms. The Bertz CT molecular complexity index is 726. The molecule has 3 rings (SSSR count). The van der Waals surface area contributed by atoms with E-state index in [0.717, 1.165) is 25.0 Å². The van der Waals surface area contributed by atoms with Gasteiger partial charge in [0.2, 0.25) is 0 Å². The first-order chi connectivity index (χ1) is 10.8. The van der Waals surface area contributed by atoms with Crippen LogP contribution in [0.2, 0.25) is 0 Å². The maximum absolute atomic E-state index is 12.7. The second-order valence-corrected chi connectivity index (χ2v) is 5.72. The van der Waals surface area contributed by atoms with Gasteiger partial charge >= 0.3 is 6.18 Å². The smallest absolute Gasteiger partial charge is 0.416 e. The van der Waals surface area contributed by atoms with Crippen molar-refractivity contribution in [3.05, 3.63) is 35.8 Å². The van der Waals surface area contributed by atoms with Gasteiger partial charge in [-0.25, -0.2) is 4.98 Å². The van der Waals surface area contributed by atoms with Crippen LogP contribution in [-0.4, -0.2) is 33.0 Å². The number of alkyl halides is 3. The molecule has 0 spiro atoms. The van der Waals surface area contributed by atoms with E-state index >= 15 is 0 Å². The van der Waals surface area contributed by atoms with Crippen LogP contribution in [0.5, 0.6) is 0 Å². The number of likely N-dealkylation sites (tertiary alicyclic amines) is 1. The third-order valence-electron chi connectivity index (χ3n) is 4.14. The molecule has 0 aromatic carbocycles. The first-order valence-corrected chi connectivity index (χ1v) is 7.37. The van der Waals surface area contributed by atoms with Crippen LogP contribution in [0.25, 0.3) is 5.65 Å². The molecule has 0 radical (unpaired) electrons. The third kappa shape index (κ3) is 3.25. The van der Waals surface area contributed by atoms with Gasteiger partial charge in [-0.2, -0.15) is 13.2 Å². The molecule has 2 aromatic heterocycles. The Kier molecular flexibility index (Phi) is 3.91. The molecule has 1 aliphatic rings. The van der Waals surface area contributed by atoms with Crippen molar-refractivity contribution in [2.24, 2.45) is 0 Å². The highest BCUT2D eigenvalue weighted by atomic mass is 19.4. The lowest BCUT2D eigenvalue weighted by Crippen LogP contribution is -2.50. The predicted molar refractivity (Wildman–Crippen MR) is 73.6 cm³/mol. The van der Waals surface area contributed by atoms with Crippen molar-refractivity contribution in [3.8, 4) is 0 Å². The van der Waals surface area contributed by atoms with Crippen molar-refractivity contribution in [2.75, 3.05) is 6.54 Å². The van der Waals surface area contributed by atoms with E-state index in [9.17, 15) is 23.1 Å². The van der Waals surface area contributed by atoms with E-state index in [4.69, 9.17) is 0 Å². The first-order valence-electron chi connectivity index (χ1n) is 7.37. The molecule has 0 saturated carbocycles. The van der Waals surface area contributed by atoms with Crippen molar-refractivity contribution < 1.29 is 23.1 Å². The molecule has 1 amide bonds. The van der Waals surface area contributed by atoms with Crippen molar-refractivity contribution in [2.45, 2.75) is 37.9 Å². The largest absolute Gasteiger partial charge is 0.530 e. The zero-order valence-corrected chi connectivity index (χ0v) is 12.2.